The van der Waals surface area contributed by atoms with E-state index in [1.54, 1.807) is 23.2 Å². The van der Waals surface area contributed by atoms with Crippen molar-refractivity contribution in [2.45, 2.75) is 43.7 Å². The van der Waals surface area contributed by atoms with E-state index < -0.39 is 0 Å². The highest BCUT2D eigenvalue weighted by atomic mass is 16.5. The Labute approximate surface area is 293 Å². The molecule has 0 aliphatic carbocycles. The number of amides is 3. The van der Waals surface area contributed by atoms with Crippen molar-refractivity contribution in [2.75, 3.05) is 62.2 Å². The van der Waals surface area contributed by atoms with E-state index in [1.165, 1.54) is 16.8 Å². The van der Waals surface area contributed by atoms with E-state index in [-0.39, 0.29) is 29.5 Å². The molecule has 50 heavy (non-hydrogen) atoms. The summed E-state index contributed by atoms with van der Waals surface area (Å²) in [5.74, 6) is 1.10. The summed E-state index contributed by atoms with van der Waals surface area (Å²) in [5.41, 5.74) is 6.64. The van der Waals surface area contributed by atoms with Gasteiger partial charge in [-0.05, 0) is 54.3 Å². The minimum Gasteiger partial charge on any atom is -0.508 e. The molecule has 3 aromatic carbocycles. The second kappa shape index (κ2) is 14.1. The van der Waals surface area contributed by atoms with Crippen LogP contribution in [0.4, 0.5) is 16.2 Å². The number of hydrogen-bond acceptors (Lipinski definition) is 8. The summed E-state index contributed by atoms with van der Waals surface area (Å²) in [6, 6.07) is 29.4. The maximum absolute atomic E-state index is 12.2. The molecule has 2 unspecified atom stereocenters. The smallest absolute Gasteiger partial charge is 0.328 e. The highest BCUT2D eigenvalue weighted by Gasteiger charge is 2.34. The van der Waals surface area contributed by atoms with Gasteiger partial charge in [-0.15, -0.1) is 0 Å². The number of nitrogens with zero attached hydrogens (tertiary/aromatic N) is 5. The van der Waals surface area contributed by atoms with Crippen LogP contribution in [0.2, 0.25) is 0 Å². The zero-order chi connectivity index (χ0) is 34.0. The lowest BCUT2D eigenvalue weighted by Crippen LogP contribution is -2.53. The number of hydrogen-bond donors (Lipinski definition) is 2. The molecule has 3 fully saturated rings. The third kappa shape index (κ3) is 6.78. The molecule has 0 bridgehead atoms. The summed E-state index contributed by atoms with van der Waals surface area (Å²) in [6.07, 6.45) is 4.36. The molecule has 0 spiro atoms. The van der Waals surface area contributed by atoms with Crippen LogP contribution in [-0.4, -0.2) is 90.3 Å². The first kappa shape index (κ1) is 32.3. The average Bonchev–Trinajstić information content (AvgIpc) is 3.16. The number of urea groups is 1. The van der Waals surface area contributed by atoms with Crippen molar-refractivity contribution in [3.63, 3.8) is 0 Å². The molecular weight excluding hydrogens is 628 g/mol. The van der Waals surface area contributed by atoms with Crippen LogP contribution in [0.5, 0.6) is 11.5 Å². The second-order valence-electron chi connectivity index (χ2n) is 13.9. The highest BCUT2D eigenvalue weighted by molar-refractivity contribution is 6.05. The van der Waals surface area contributed by atoms with E-state index in [2.05, 4.69) is 79.6 Å². The van der Waals surface area contributed by atoms with Gasteiger partial charge in [0.2, 0.25) is 5.91 Å². The molecular formula is C40H44N6O4. The molecule has 2 atom stereocenters. The van der Waals surface area contributed by atoms with Crippen molar-refractivity contribution in [1.29, 1.82) is 0 Å². The lowest BCUT2D eigenvalue weighted by molar-refractivity contribution is -0.120. The van der Waals surface area contributed by atoms with Gasteiger partial charge in [-0.2, -0.15) is 0 Å². The standard InChI is InChI=1S/C40H44N6O4/c47-34-12-13-35-37(24-34)50-27-36(28-4-2-1-3-5-28)39(35)29-6-9-31(10-7-29)44-17-14-32(15-18-44)45-22-20-43(21-23-45)26-30-8-11-33(25-41-30)46-19-16-38(48)42-40(46)49/h1-13,24-25,32,36,39,47H,14-23,26-27H2,(H,42,48,49). The van der Waals surface area contributed by atoms with Crippen molar-refractivity contribution in [3.05, 3.63) is 114 Å². The predicted molar refractivity (Wildman–Crippen MR) is 193 cm³/mol. The molecule has 1 aromatic heterocycles. The van der Waals surface area contributed by atoms with E-state index in [1.807, 2.05) is 18.2 Å². The van der Waals surface area contributed by atoms with Crippen molar-refractivity contribution >= 4 is 23.3 Å². The number of aromatic nitrogens is 1. The quantitative estimate of drug-likeness (QED) is 0.272. The van der Waals surface area contributed by atoms with Gasteiger partial charge in [0.1, 0.15) is 11.5 Å². The molecule has 4 aliphatic rings. The van der Waals surface area contributed by atoms with E-state index in [0.29, 0.717) is 25.6 Å². The lowest BCUT2D eigenvalue weighted by atomic mass is 9.76. The zero-order valence-corrected chi connectivity index (χ0v) is 28.3. The van der Waals surface area contributed by atoms with Gasteiger partial charge in [0, 0.05) is 94.0 Å². The van der Waals surface area contributed by atoms with E-state index in [4.69, 9.17) is 4.74 Å². The van der Waals surface area contributed by atoms with Gasteiger partial charge >= 0.3 is 6.03 Å². The summed E-state index contributed by atoms with van der Waals surface area (Å²) in [5, 5.41) is 12.5. The molecule has 3 amide bonds. The van der Waals surface area contributed by atoms with E-state index >= 15 is 0 Å². The minimum absolute atomic E-state index is 0.145. The number of pyridine rings is 1. The number of phenols is 1. The molecule has 0 radical (unpaired) electrons. The number of aromatic hydroxyl groups is 1. The SMILES string of the molecule is O=C1CCN(c2ccc(CN3CCN(C4CCN(c5ccc(C6c7ccc(O)cc7OCC6c6ccccc6)cc5)CC4)CC3)nc2)C(=O)N1. The molecule has 10 nitrogen and oxygen atoms in total. The van der Waals surface area contributed by atoms with Crippen molar-refractivity contribution < 1.29 is 19.4 Å². The summed E-state index contributed by atoms with van der Waals surface area (Å²) in [6.45, 7) is 8.00. The maximum atomic E-state index is 12.2. The molecule has 4 aliphatic heterocycles. The van der Waals surface area contributed by atoms with Gasteiger partial charge in [-0.3, -0.25) is 29.8 Å². The second-order valence-corrected chi connectivity index (χ2v) is 13.9. The summed E-state index contributed by atoms with van der Waals surface area (Å²) >= 11 is 0. The minimum atomic E-state index is -0.381. The normalized spacial score (nSPS) is 22.2. The van der Waals surface area contributed by atoms with E-state index in [9.17, 15) is 14.7 Å². The number of carbonyl (C=O) groups excluding carboxylic acids is 2. The summed E-state index contributed by atoms with van der Waals surface area (Å²) in [7, 11) is 0. The summed E-state index contributed by atoms with van der Waals surface area (Å²) in [4.78, 5) is 37.5. The van der Waals surface area contributed by atoms with Crippen LogP contribution in [0.1, 0.15) is 53.5 Å². The largest absolute Gasteiger partial charge is 0.508 e. The predicted octanol–water partition coefficient (Wildman–Crippen LogP) is 5.33. The Kier molecular flexibility index (Phi) is 9.12. The molecule has 8 rings (SSSR count). The molecule has 4 aromatic rings. The van der Waals surface area contributed by atoms with Crippen LogP contribution < -0.4 is 19.9 Å². The van der Waals surface area contributed by atoms with Gasteiger partial charge in [0.15, 0.2) is 0 Å². The van der Waals surface area contributed by atoms with Crippen molar-refractivity contribution in [2.24, 2.45) is 0 Å². The number of piperidine rings is 1. The number of phenolic OH excluding ortho intramolecular Hbond substituents is 1. The number of carbonyl (C=O) groups is 2. The van der Waals surface area contributed by atoms with Crippen molar-refractivity contribution in [3.8, 4) is 11.5 Å². The fourth-order valence-electron chi connectivity index (χ4n) is 8.18. The van der Waals surface area contributed by atoms with Crippen LogP contribution in [0.25, 0.3) is 0 Å². The topological polar surface area (TPSA) is 101 Å². The first-order valence-electron chi connectivity index (χ1n) is 17.9. The Morgan fingerprint density at radius 1 is 0.800 bits per heavy atom. The van der Waals surface area contributed by atoms with E-state index in [0.717, 1.165) is 81.3 Å². The third-order valence-electron chi connectivity index (χ3n) is 10.9. The fraction of sp³-hybridized carbons (Fsp3) is 0.375. The lowest BCUT2D eigenvalue weighted by Gasteiger charge is -2.43. The number of anilines is 2. The fourth-order valence-corrected chi connectivity index (χ4v) is 8.18. The maximum Gasteiger partial charge on any atom is 0.328 e. The number of imide groups is 1. The molecule has 2 N–H and O–H groups in total. The Bertz CT molecular complexity index is 1800. The molecule has 3 saturated heterocycles. The number of fused-ring (bicyclic) bond motifs is 1. The van der Waals surface area contributed by atoms with Gasteiger partial charge in [-0.1, -0.05) is 48.5 Å². The van der Waals surface area contributed by atoms with Gasteiger partial charge in [-0.25, -0.2) is 4.79 Å². The average molecular weight is 673 g/mol. The van der Waals surface area contributed by atoms with Crippen molar-refractivity contribution in [1.82, 2.24) is 20.1 Å². The third-order valence-corrected chi connectivity index (χ3v) is 10.9. The molecule has 0 saturated carbocycles. The van der Waals surface area contributed by atoms with Crippen LogP contribution in [0.3, 0.4) is 0 Å². The molecule has 258 valence electrons. The number of nitrogens with one attached hydrogen (secondary N) is 1. The Balaban J connectivity index is 0.846. The van der Waals surface area contributed by atoms with Gasteiger partial charge in [0.05, 0.1) is 24.2 Å². The first-order chi connectivity index (χ1) is 24.5. The molecule has 10 heteroatoms. The first-order valence-corrected chi connectivity index (χ1v) is 17.9. The number of benzene rings is 3. The Morgan fingerprint density at radius 3 is 2.28 bits per heavy atom. The Morgan fingerprint density at radius 2 is 1.56 bits per heavy atom. The highest BCUT2D eigenvalue weighted by Crippen LogP contribution is 2.47. The van der Waals surface area contributed by atoms with Crippen LogP contribution in [0, 0.1) is 0 Å². The van der Waals surface area contributed by atoms with Crippen LogP contribution in [0.15, 0.2) is 91.1 Å². The Hall–Kier alpha value is -4.93. The number of rotatable bonds is 7. The molecule has 5 heterocycles. The summed E-state index contributed by atoms with van der Waals surface area (Å²) < 4.78 is 6.16. The van der Waals surface area contributed by atoms with Crippen LogP contribution in [-0.2, 0) is 11.3 Å². The van der Waals surface area contributed by atoms with Gasteiger partial charge in [0.25, 0.3) is 0 Å². The van der Waals surface area contributed by atoms with Crippen LogP contribution >= 0.6 is 0 Å². The zero-order valence-electron chi connectivity index (χ0n) is 28.3. The number of piperazine rings is 1. The number of ether oxygens (including phenoxy) is 1. The van der Waals surface area contributed by atoms with Gasteiger partial charge < -0.3 is 14.7 Å². The monoisotopic (exact) mass is 672 g/mol.